The number of aromatic nitrogens is 2. The molecule has 1 aliphatic carbocycles. The van der Waals surface area contributed by atoms with Gasteiger partial charge >= 0.3 is 0 Å². The molecule has 0 spiro atoms. The first-order chi connectivity index (χ1) is 30.0. The number of nitrogens with zero attached hydrogens (tertiary/aromatic N) is 3. The van der Waals surface area contributed by atoms with Crippen LogP contribution < -0.4 is 4.90 Å². The Morgan fingerprint density at radius 1 is 0.426 bits per heavy atom. The summed E-state index contributed by atoms with van der Waals surface area (Å²) in [6.45, 7) is 4.72. The number of para-hydroxylation sites is 1. The molecule has 0 amide bonds. The lowest BCUT2D eigenvalue weighted by Gasteiger charge is -2.28. The quantitative estimate of drug-likeness (QED) is 0.157. The zero-order valence-corrected chi connectivity index (χ0v) is 34.0. The van der Waals surface area contributed by atoms with Crippen molar-refractivity contribution in [2.24, 2.45) is 0 Å². The van der Waals surface area contributed by atoms with Crippen LogP contribution in [0.5, 0.6) is 0 Å². The highest BCUT2D eigenvalue weighted by atomic mass is 15.1. The molecule has 0 bridgehead atoms. The third kappa shape index (κ3) is 5.55. The van der Waals surface area contributed by atoms with Crippen LogP contribution >= 0.6 is 0 Å². The third-order valence-electron chi connectivity index (χ3n) is 13.0. The van der Waals surface area contributed by atoms with Gasteiger partial charge in [0, 0.05) is 55.9 Å². The maximum Gasteiger partial charge on any atom is 0.0786 e. The van der Waals surface area contributed by atoms with Gasteiger partial charge in [0.1, 0.15) is 0 Å². The van der Waals surface area contributed by atoms with Crippen molar-refractivity contribution in [3.05, 3.63) is 224 Å². The van der Waals surface area contributed by atoms with Gasteiger partial charge in [-0.25, -0.2) is 0 Å². The van der Waals surface area contributed by atoms with E-state index in [2.05, 4.69) is 224 Å². The topological polar surface area (TPSA) is 21.1 Å². The molecule has 3 nitrogen and oxygen atoms in total. The predicted octanol–water partition coefficient (Wildman–Crippen LogP) is 15.6. The molecule has 1 aliphatic rings. The molecule has 3 heteroatoms. The minimum Gasteiger partial charge on any atom is -0.310 e. The van der Waals surface area contributed by atoms with Crippen molar-refractivity contribution in [3.63, 3.8) is 0 Å². The smallest absolute Gasteiger partial charge is 0.0786 e. The number of fused-ring (bicyclic) bond motifs is 9. The Balaban J connectivity index is 1.09. The molecule has 2 aromatic heterocycles. The van der Waals surface area contributed by atoms with Crippen LogP contribution in [-0.2, 0) is 5.41 Å². The Morgan fingerprint density at radius 3 is 1.87 bits per heavy atom. The van der Waals surface area contributed by atoms with Crippen LogP contribution in [0.1, 0.15) is 25.0 Å². The van der Waals surface area contributed by atoms with Crippen molar-refractivity contribution in [1.29, 1.82) is 0 Å². The van der Waals surface area contributed by atoms with Crippen molar-refractivity contribution in [3.8, 4) is 39.1 Å². The van der Waals surface area contributed by atoms with Gasteiger partial charge in [-0.3, -0.25) is 4.98 Å². The van der Waals surface area contributed by atoms with E-state index in [4.69, 9.17) is 4.98 Å². The van der Waals surface area contributed by atoms with Gasteiger partial charge in [0.05, 0.1) is 16.6 Å². The zero-order valence-electron chi connectivity index (χ0n) is 34.0. The summed E-state index contributed by atoms with van der Waals surface area (Å²) in [5, 5.41) is 5.91. The summed E-state index contributed by atoms with van der Waals surface area (Å²) in [6, 6.07) is 75.5. The fraction of sp³-hybridized carbons (Fsp3) is 0.0517. The van der Waals surface area contributed by atoms with Crippen molar-refractivity contribution in [2.45, 2.75) is 19.3 Å². The van der Waals surface area contributed by atoms with Crippen LogP contribution in [0.2, 0.25) is 0 Å². The molecule has 61 heavy (non-hydrogen) atoms. The van der Waals surface area contributed by atoms with E-state index in [-0.39, 0.29) is 5.41 Å². The van der Waals surface area contributed by atoms with Gasteiger partial charge < -0.3 is 9.47 Å². The summed E-state index contributed by atoms with van der Waals surface area (Å²) in [7, 11) is 0. The Hall–Kier alpha value is -7.75. The zero-order chi connectivity index (χ0) is 40.7. The molecule has 288 valence electrons. The van der Waals surface area contributed by atoms with E-state index in [1.54, 1.807) is 0 Å². The monoisotopic (exact) mass is 779 g/mol. The minimum atomic E-state index is -0.128. The normalized spacial score (nSPS) is 12.9. The first-order valence-corrected chi connectivity index (χ1v) is 21.1. The van der Waals surface area contributed by atoms with Gasteiger partial charge in [0.25, 0.3) is 0 Å². The van der Waals surface area contributed by atoms with Crippen LogP contribution in [0.4, 0.5) is 17.1 Å². The van der Waals surface area contributed by atoms with E-state index in [9.17, 15) is 0 Å². The lowest BCUT2D eigenvalue weighted by molar-refractivity contribution is 0.660. The molecule has 12 rings (SSSR count). The second-order valence-corrected chi connectivity index (χ2v) is 16.8. The molecule has 2 heterocycles. The van der Waals surface area contributed by atoms with Crippen LogP contribution in [-0.4, -0.2) is 9.55 Å². The molecule has 11 aromatic rings. The molecule has 0 atom stereocenters. The third-order valence-corrected chi connectivity index (χ3v) is 13.0. The summed E-state index contributed by atoms with van der Waals surface area (Å²) in [5.41, 5.74) is 17.8. The van der Waals surface area contributed by atoms with Crippen molar-refractivity contribution >= 4 is 60.5 Å². The molecule has 0 fully saturated rings. The van der Waals surface area contributed by atoms with Crippen LogP contribution in [0.25, 0.3) is 82.5 Å². The van der Waals surface area contributed by atoms with Crippen LogP contribution in [0.15, 0.2) is 212 Å². The van der Waals surface area contributed by atoms with E-state index in [1.165, 1.54) is 71.6 Å². The second-order valence-electron chi connectivity index (χ2n) is 16.8. The van der Waals surface area contributed by atoms with E-state index in [0.717, 1.165) is 39.2 Å². The van der Waals surface area contributed by atoms with Crippen LogP contribution in [0, 0.1) is 0 Å². The summed E-state index contributed by atoms with van der Waals surface area (Å²) in [4.78, 5) is 7.33. The Morgan fingerprint density at radius 2 is 1.03 bits per heavy atom. The number of hydrogen-bond donors (Lipinski definition) is 0. The number of rotatable bonds is 6. The van der Waals surface area contributed by atoms with E-state index in [0.29, 0.717) is 0 Å². The highest BCUT2D eigenvalue weighted by molar-refractivity contribution is 6.15. The maximum absolute atomic E-state index is 4.90. The summed E-state index contributed by atoms with van der Waals surface area (Å²) < 4.78 is 2.41. The molecule has 0 aliphatic heterocycles. The van der Waals surface area contributed by atoms with Crippen molar-refractivity contribution in [1.82, 2.24) is 9.55 Å². The molecule has 0 radical (unpaired) electrons. The summed E-state index contributed by atoms with van der Waals surface area (Å²) in [6.07, 6.45) is 1.90. The average Bonchev–Trinajstić information content (AvgIpc) is 3.76. The van der Waals surface area contributed by atoms with Gasteiger partial charge in [0.2, 0.25) is 0 Å². The number of pyridine rings is 1. The highest BCUT2D eigenvalue weighted by Crippen LogP contribution is 2.51. The first kappa shape index (κ1) is 35.2. The molecule has 0 N–H and O–H groups in total. The molecule has 0 saturated carbocycles. The second kappa shape index (κ2) is 13.7. The van der Waals surface area contributed by atoms with Gasteiger partial charge in [-0.2, -0.15) is 0 Å². The van der Waals surface area contributed by atoms with Gasteiger partial charge in [-0.15, -0.1) is 0 Å². The molecular weight excluding hydrogens is 739 g/mol. The summed E-state index contributed by atoms with van der Waals surface area (Å²) in [5.74, 6) is 0. The first-order valence-electron chi connectivity index (χ1n) is 21.1. The lowest BCUT2D eigenvalue weighted by Crippen LogP contribution is -2.16. The maximum atomic E-state index is 4.90. The number of hydrogen-bond acceptors (Lipinski definition) is 2. The van der Waals surface area contributed by atoms with Gasteiger partial charge in [0.15, 0.2) is 0 Å². The molecular formula is C58H41N3. The number of benzene rings is 9. The van der Waals surface area contributed by atoms with E-state index >= 15 is 0 Å². The standard InChI is InChI=1S/C58H41N3/c1-58(2)52-21-10-9-19-48(52)49-31-29-46(37-53(49)58)60(44-27-24-39(25-28-44)38-13-5-3-6-14-38)45-30-33-55-51(36-45)50-35-42(26-32-54(50)61(55)43-17-7-4-8-18-43)47-20-11-15-40-22-23-41-16-12-34-59-57(41)56(40)47/h3-37H,1-2H3. The average molecular weight is 780 g/mol. The number of anilines is 3. The van der Waals surface area contributed by atoms with Gasteiger partial charge in [-0.1, -0.05) is 147 Å². The Labute approximate surface area is 355 Å². The Kier molecular flexibility index (Phi) is 7.88. The van der Waals surface area contributed by atoms with Crippen molar-refractivity contribution < 1.29 is 0 Å². The Bertz CT molecular complexity index is 3490. The SMILES string of the molecule is CC1(C)c2ccccc2-c2ccc(N(c3ccc(-c4ccccc4)cc3)c3ccc4c(c3)c3cc(-c5cccc6ccc7cccnc7c56)ccc3n4-c3ccccc3)cc21. The van der Waals surface area contributed by atoms with Gasteiger partial charge in [-0.05, 0) is 123 Å². The highest BCUT2D eigenvalue weighted by Gasteiger charge is 2.35. The summed E-state index contributed by atoms with van der Waals surface area (Å²) >= 11 is 0. The molecule has 0 saturated heterocycles. The van der Waals surface area contributed by atoms with Crippen molar-refractivity contribution in [2.75, 3.05) is 4.90 Å². The van der Waals surface area contributed by atoms with Crippen LogP contribution in [0.3, 0.4) is 0 Å². The minimum absolute atomic E-state index is 0.128. The fourth-order valence-corrected chi connectivity index (χ4v) is 10.0. The lowest BCUT2D eigenvalue weighted by atomic mass is 9.82. The molecule has 9 aromatic carbocycles. The molecule has 0 unspecified atom stereocenters. The van der Waals surface area contributed by atoms with E-state index < -0.39 is 0 Å². The predicted molar refractivity (Wildman–Crippen MR) is 257 cm³/mol. The largest absolute Gasteiger partial charge is 0.310 e. The fourth-order valence-electron chi connectivity index (χ4n) is 10.0. The van der Waals surface area contributed by atoms with E-state index in [1.807, 2.05) is 12.3 Å².